The molecule has 7 nitrogen and oxygen atoms in total. The first-order chi connectivity index (χ1) is 8.58. The first kappa shape index (κ1) is 13.2. The minimum Gasteiger partial charge on any atom is -0.394 e. The van der Waals surface area contributed by atoms with Crippen molar-refractivity contribution in [1.29, 1.82) is 0 Å². The second kappa shape index (κ2) is 5.17. The van der Waals surface area contributed by atoms with E-state index in [9.17, 15) is 19.1 Å². The monoisotopic (exact) mass is 262 g/mol. The number of carbonyl (C=O) groups is 2. The first-order valence-electron chi connectivity index (χ1n) is 5.69. The second-order valence-corrected chi connectivity index (χ2v) is 4.35. The van der Waals surface area contributed by atoms with Gasteiger partial charge in [-0.1, -0.05) is 0 Å². The Kier molecular flexibility index (Phi) is 3.79. The van der Waals surface area contributed by atoms with E-state index in [0.717, 1.165) is 4.90 Å². The molecule has 0 saturated carbocycles. The summed E-state index contributed by atoms with van der Waals surface area (Å²) in [6, 6.07) is -0.648. The van der Waals surface area contributed by atoms with Gasteiger partial charge in [-0.25, -0.2) is 9.18 Å². The number of ether oxygens (including phenoxy) is 1. The fraction of sp³-hybridized carbons (Fsp3) is 0.800. The van der Waals surface area contributed by atoms with Crippen molar-refractivity contribution in [2.75, 3.05) is 13.2 Å². The van der Waals surface area contributed by atoms with E-state index in [0.29, 0.717) is 6.29 Å². The molecule has 2 aliphatic heterocycles. The molecular formula is C10H15FN2O5. The topological polar surface area (TPSA) is 99.1 Å². The number of nitrogens with zero attached hydrogens (tertiary/aromatic N) is 1. The highest BCUT2D eigenvalue weighted by atomic mass is 19.1. The third kappa shape index (κ3) is 2.18. The van der Waals surface area contributed by atoms with Crippen LogP contribution < -0.4 is 5.32 Å². The van der Waals surface area contributed by atoms with Gasteiger partial charge in [-0.2, -0.15) is 0 Å². The van der Waals surface area contributed by atoms with Gasteiger partial charge in [-0.05, 0) is 0 Å². The summed E-state index contributed by atoms with van der Waals surface area (Å²) in [5.41, 5.74) is 0. The molecule has 102 valence electrons. The number of hydrogen-bond donors (Lipinski definition) is 3. The van der Waals surface area contributed by atoms with Crippen molar-refractivity contribution in [1.82, 2.24) is 10.2 Å². The van der Waals surface area contributed by atoms with Gasteiger partial charge in [0.2, 0.25) is 0 Å². The molecule has 2 amide bonds. The molecule has 0 aromatic rings. The van der Waals surface area contributed by atoms with Crippen molar-refractivity contribution in [3.63, 3.8) is 0 Å². The van der Waals surface area contributed by atoms with E-state index in [-0.39, 0.29) is 13.0 Å². The molecule has 2 heterocycles. The van der Waals surface area contributed by atoms with Crippen molar-refractivity contribution in [2.24, 2.45) is 5.92 Å². The van der Waals surface area contributed by atoms with Crippen LogP contribution in [-0.2, 0) is 9.53 Å². The summed E-state index contributed by atoms with van der Waals surface area (Å²) in [7, 11) is 0. The summed E-state index contributed by atoms with van der Waals surface area (Å²) in [5.74, 6) is -1.08. The van der Waals surface area contributed by atoms with Crippen LogP contribution in [0.5, 0.6) is 0 Å². The predicted octanol–water partition coefficient (Wildman–Crippen LogP) is -1.41. The summed E-state index contributed by atoms with van der Waals surface area (Å²) in [5, 5.41) is 20.5. The Balaban J connectivity index is 2.09. The lowest BCUT2D eigenvalue weighted by atomic mass is 10.0. The number of amides is 2. The zero-order valence-corrected chi connectivity index (χ0v) is 9.53. The molecule has 0 aromatic heterocycles. The Morgan fingerprint density at radius 2 is 2.33 bits per heavy atom. The van der Waals surface area contributed by atoms with E-state index in [1.165, 1.54) is 0 Å². The fourth-order valence-corrected chi connectivity index (χ4v) is 2.22. The van der Waals surface area contributed by atoms with Crippen LogP contribution in [0.25, 0.3) is 0 Å². The summed E-state index contributed by atoms with van der Waals surface area (Å²) < 4.78 is 19.2. The van der Waals surface area contributed by atoms with Crippen LogP contribution in [-0.4, -0.2) is 65.3 Å². The lowest BCUT2D eigenvalue weighted by Crippen LogP contribution is -2.57. The lowest BCUT2D eigenvalue weighted by molar-refractivity contribution is -0.114. The van der Waals surface area contributed by atoms with E-state index in [1.807, 2.05) is 0 Å². The van der Waals surface area contributed by atoms with E-state index >= 15 is 0 Å². The lowest BCUT2D eigenvalue weighted by Gasteiger charge is -2.35. The largest absolute Gasteiger partial charge is 0.394 e. The van der Waals surface area contributed by atoms with E-state index in [1.54, 1.807) is 0 Å². The van der Waals surface area contributed by atoms with Gasteiger partial charge in [-0.15, -0.1) is 0 Å². The van der Waals surface area contributed by atoms with Crippen molar-refractivity contribution >= 4 is 12.3 Å². The average Bonchev–Trinajstić information content (AvgIpc) is 2.66. The van der Waals surface area contributed by atoms with Crippen molar-refractivity contribution in [3.8, 4) is 0 Å². The van der Waals surface area contributed by atoms with Crippen LogP contribution >= 0.6 is 0 Å². The zero-order valence-electron chi connectivity index (χ0n) is 9.53. The Morgan fingerprint density at radius 1 is 1.61 bits per heavy atom. The van der Waals surface area contributed by atoms with Crippen LogP contribution in [0.2, 0.25) is 0 Å². The molecule has 3 N–H and O–H groups in total. The van der Waals surface area contributed by atoms with Gasteiger partial charge in [0.25, 0.3) is 0 Å². The minimum absolute atomic E-state index is 0.127. The molecular weight excluding hydrogens is 247 g/mol. The summed E-state index contributed by atoms with van der Waals surface area (Å²) >= 11 is 0. The maximum Gasteiger partial charge on any atom is 0.321 e. The minimum atomic E-state index is -1.68. The van der Waals surface area contributed by atoms with Gasteiger partial charge in [0.1, 0.15) is 12.5 Å². The molecule has 5 atom stereocenters. The summed E-state index contributed by atoms with van der Waals surface area (Å²) in [6.07, 6.45) is -4.15. The van der Waals surface area contributed by atoms with Gasteiger partial charge < -0.3 is 25.1 Å². The molecule has 2 saturated heterocycles. The van der Waals surface area contributed by atoms with Crippen LogP contribution in [0.1, 0.15) is 6.42 Å². The molecule has 18 heavy (non-hydrogen) atoms. The number of aldehydes is 1. The number of halogens is 1. The molecule has 0 spiro atoms. The van der Waals surface area contributed by atoms with Gasteiger partial charge in [0, 0.05) is 13.0 Å². The van der Waals surface area contributed by atoms with Gasteiger partial charge in [0.05, 0.1) is 18.6 Å². The SMILES string of the molecule is O=C[C@@H]1[C@@H](CO)OC(N2CC[C@H](O)NC2=O)[C@@H]1F. The molecule has 2 fully saturated rings. The molecule has 8 heteroatoms. The molecule has 0 radical (unpaired) electrons. The molecule has 2 aliphatic rings. The fourth-order valence-electron chi connectivity index (χ4n) is 2.22. The third-order valence-corrected chi connectivity index (χ3v) is 3.22. The third-order valence-electron chi connectivity index (χ3n) is 3.22. The van der Waals surface area contributed by atoms with Gasteiger partial charge in [0.15, 0.2) is 12.4 Å². The summed E-state index contributed by atoms with van der Waals surface area (Å²) in [4.78, 5) is 23.4. The number of nitrogens with one attached hydrogen (secondary N) is 1. The maximum absolute atomic E-state index is 14.0. The number of aliphatic hydroxyl groups is 2. The van der Waals surface area contributed by atoms with Crippen LogP contribution in [0.3, 0.4) is 0 Å². The molecule has 2 rings (SSSR count). The van der Waals surface area contributed by atoms with Crippen LogP contribution in [0.4, 0.5) is 9.18 Å². The molecule has 1 unspecified atom stereocenters. The van der Waals surface area contributed by atoms with E-state index in [4.69, 9.17) is 9.84 Å². The number of rotatable bonds is 3. The number of urea groups is 1. The van der Waals surface area contributed by atoms with Crippen LogP contribution in [0.15, 0.2) is 0 Å². The highest BCUT2D eigenvalue weighted by Crippen LogP contribution is 2.31. The van der Waals surface area contributed by atoms with E-state index in [2.05, 4.69) is 5.32 Å². The Morgan fingerprint density at radius 3 is 2.83 bits per heavy atom. The molecule has 0 aliphatic carbocycles. The highest BCUT2D eigenvalue weighted by Gasteiger charge is 2.49. The maximum atomic E-state index is 14.0. The van der Waals surface area contributed by atoms with Gasteiger partial charge >= 0.3 is 6.03 Å². The summed E-state index contributed by atoms with van der Waals surface area (Å²) in [6.45, 7) is -0.361. The Bertz CT molecular complexity index is 342. The normalized spacial score (nSPS) is 40.7. The van der Waals surface area contributed by atoms with Crippen LogP contribution in [0, 0.1) is 5.92 Å². The average molecular weight is 262 g/mol. The predicted molar refractivity (Wildman–Crippen MR) is 56.1 cm³/mol. The van der Waals surface area contributed by atoms with Crippen molar-refractivity contribution in [3.05, 3.63) is 0 Å². The van der Waals surface area contributed by atoms with Crippen molar-refractivity contribution < 1.29 is 28.9 Å². The Labute approximate surface area is 103 Å². The van der Waals surface area contributed by atoms with E-state index < -0.39 is 43.3 Å². The molecule has 0 bridgehead atoms. The highest BCUT2D eigenvalue weighted by molar-refractivity contribution is 5.75. The molecule has 0 aromatic carbocycles. The number of carbonyl (C=O) groups excluding carboxylic acids is 2. The smallest absolute Gasteiger partial charge is 0.321 e. The number of alkyl halides is 1. The number of hydrogen-bond acceptors (Lipinski definition) is 5. The first-order valence-corrected chi connectivity index (χ1v) is 5.69. The quantitative estimate of drug-likeness (QED) is 0.543. The van der Waals surface area contributed by atoms with Gasteiger partial charge in [-0.3, -0.25) is 4.90 Å². The standard InChI is InChI=1S/C10H15FN2O5/c11-8-5(3-14)6(4-15)18-9(8)13-2-1-7(16)12-10(13)17/h3,5-9,15-16H,1-2,4H2,(H,12,17)/t5-,6-,7+,8-,9?/m1/s1. The second-order valence-electron chi connectivity index (χ2n) is 4.35. The Hall–Kier alpha value is -1.25. The number of aliphatic hydroxyl groups excluding tert-OH is 2. The zero-order chi connectivity index (χ0) is 13.3. The van der Waals surface area contributed by atoms with Crippen molar-refractivity contribution in [2.45, 2.75) is 31.2 Å².